The van der Waals surface area contributed by atoms with Gasteiger partial charge in [-0.1, -0.05) is 33.1 Å². The van der Waals surface area contributed by atoms with E-state index in [1.54, 1.807) is 30.3 Å². The summed E-state index contributed by atoms with van der Waals surface area (Å²) in [6.07, 6.45) is 1.45. The highest BCUT2D eigenvalue weighted by Crippen LogP contribution is 2.28. The molecule has 0 atom stereocenters. The Bertz CT molecular complexity index is 789. The van der Waals surface area contributed by atoms with Gasteiger partial charge in [0.1, 0.15) is 11.5 Å². The second-order valence-corrected chi connectivity index (χ2v) is 4.90. The molecule has 0 saturated carbocycles. The second-order valence-electron chi connectivity index (χ2n) is 4.03. The molecule has 0 bridgehead atoms. The smallest absolute Gasteiger partial charge is 0.263 e. The molecule has 2 heterocycles. The summed E-state index contributed by atoms with van der Waals surface area (Å²) in [4.78, 5) is 1.08. The molecule has 0 aliphatic carbocycles. The predicted octanol–water partition coefficient (Wildman–Crippen LogP) is 2.70. The largest absolute Gasteiger partial charge is 0.455 e. The van der Waals surface area contributed by atoms with E-state index < -0.39 is 0 Å². The molecule has 106 valence electrons. The van der Waals surface area contributed by atoms with Crippen molar-refractivity contribution in [3.05, 3.63) is 46.1 Å². The van der Waals surface area contributed by atoms with Crippen molar-refractivity contribution in [3.8, 4) is 11.3 Å². The van der Waals surface area contributed by atoms with Gasteiger partial charge in [-0.15, -0.1) is 0 Å². The Morgan fingerprint density at radius 2 is 1.95 bits per heavy atom. The first-order valence-corrected chi connectivity index (χ1v) is 6.52. The van der Waals surface area contributed by atoms with E-state index in [1.807, 2.05) is 0 Å². The van der Waals surface area contributed by atoms with Crippen LogP contribution >= 0.6 is 23.2 Å². The van der Waals surface area contributed by atoms with Gasteiger partial charge in [0.15, 0.2) is 0 Å². The summed E-state index contributed by atoms with van der Waals surface area (Å²) in [7, 11) is 0. The molecule has 0 aliphatic rings. The lowest BCUT2D eigenvalue weighted by molar-refractivity contribution is 0.573. The summed E-state index contributed by atoms with van der Waals surface area (Å²) in [5.74, 6) is 1.21. The van der Waals surface area contributed by atoms with Crippen molar-refractivity contribution in [1.29, 1.82) is 0 Å². The van der Waals surface area contributed by atoms with Crippen LogP contribution in [0.3, 0.4) is 0 Å². The summed E-state index contributed by atoms with van der Waals surface area (Å²) >= 11 is 11.9. The summed E-state index contributed by atoms with van der Waals surface area (Å²) in [5, 5.41) is 15.5. The number of anilines is 1. The van der Waals surface area contributed by atoms with Crippen molar-refractivity contribution in [1.82, 2.24) is 20.3 Å². The minimum atomic E-state index is 0.0830. The Balaban J connectivity index is 1.86. The van der Waals surface area contributed by atoms with Crippen molar-refractivity contribution >= 4 is 35.4 Å². The van der Waals surface area contributed by atoms with Crippen LogP contribution in [-0.4, -0.2) is 26.5 Å². The number of furan rings is 1. The summed E-state index contributed by atoms with van der Waals surface area (Å²) in [5.41, 5.74) is 6.26. The zero-order valence-corrected chi connectivity index (χ0v) is 12.0. The minimum absolute atomic E-state index is 0.0830. The third kappa shape index (κ3) is 3.04. The normalized spacial score (nSPS) is 11.3. The lowest BCUT2D eigenvalue weighted by Crippen LogP contribution is -1.99. The third-order valence-corrected chi connectivity index (χ3v) is 2.98. The average Bonchev–Trinajstić information content (AvgIpc) is 3.04. The van der Waals surface area contributed by atoms with E-state index in [-0.39, 0.29) is 5.95 Å². The maximum atomic E-state index is 5.96. The number of nitrogen functional groups attached to an aromatic ring is 1. The molecule has 3 rings (SSSR count). The fourth-order valence-electron chi connectivity index (χ4n) is 1.66. The highest BCUT2D eigenvalue weighted by molar-refractivity contribution is 6.35. The van der Waals surface area contributed by atoms with Gasteiger partial charge in [-0.2, -0.15) is 5.10 Å². The van der Waals surface area contributed by atoms with Crippen LogP contribution in [0.4, 0.5) is 5.95 Å². The van der Waals surface area contributed by atoms with Crippen molar-refractivity contribution in [2.45, 2.75) is 0 Å². The van der Waals surface area contributed by atoms with Gasteiger partial charge in [0.25, 0.3) is 5.95 Å². The van der Waals surface area contributed by atoms with Gasteiger partial charge in [0, 0.05) is 15.6 Å². The first-order valence-electron chi connectivity index (χ1n) is 5.76. The van der Waals surface area contributed by atoms with E-state index in [0.717, 1.165) is 10.4 Å². The van der Waals surface area contributed by atoms with Crippen LogP contribution in [0.5, 0.6) is 0 Å². The molecule has 0 radical (unpaired) electrons. The zero-order valence-electron chi connectivity index (χ0n) is 10.4. The lowest BCUT2D eigenvalue weighted by atomic mass is 10.2. The molecule has 0 unspecified atom stereocenters. The average molecular weight is 323 g/mol. The Morgan fingerprint density at radius 1 is 1.19 bits per heavy atom. The first-order chi connectivity index (χ1) is 10.1. The van der Waals surface area contributed by atoms with E-state index in [2.05, 4.69) is 20.6 Å². The quantitative estimate of drug-likeness (QED) is 0.748. The molecule has 3 aromatic rings. The van der Waals surface area contributed by atoms with E-state index >= 15 is 0 Å². The van der Waals surface area contributed by atoms with Crippen LogP contribution in [-0.2, 0) is 0 Å². The number of halogens is 2. The summed E-state index contributed by atoms with van der Waals surface area (Å²) in [6.45, 7) is 0. The van der Waals surface area contributed by atoms with E-state index in [1.165, 1.54) is 6.21 Å². The monoisotopic (exact) mass is 322 g/mol. The third-order valence-electron chi connectivity index (χ3n) is 2.55. The van der Waals surface area contributed by atoms with Crippen molar-refractivity contribution in [2.24, 2.45) is 5.10 Å². The highest BCUT2D eigenvalue weighted by Gasteiger charge is 2.06. The fourth-order valence-corrected chi connectivity index (χ4v) is 2.18. The van der Waals surface area contributed by atoms with E-state index in [4.69, 9.17) is 33.4 Å². The van der Waals surface area contributed by atoms with Crippen LogP contribution in [0.2, 0.25) is 10.0 Å². The predicted molar refractivity (Wildman–Crippen MR) is 79.4 cm³/mol. The summed E-state index contributed by atoms with van der Waals surface area (Å²) in [6, 6.07) is 8.69. The zero-order chi connectivity index (χ0) is 14.8. The molecule has 0 spiro atoms. The molecule has 2 N–H and O–H groups in total. The van der Waals surface area contributed by atoms with Gasteiger partial charge >= 0.3 is 0 Å². The molecule has 0 saturated heterocycles. The van der Waals surface area contributed by atoms with Crippen molar-refractivity contribution < 1.29 is 4.42 Å². The minimum Gasteiger partial charge on any atom is -0.455 e. The maximum Gasteiger partial charge on any atom is 0.263 e. The van der Waals surface area contributed by atoms with Gasteiger partial charge in [-0.3, -0.25) is 0 Å². The molecule has 9 heteroatoms. The van der Waals surface area contributed by atoms with Crippen LogP contribution in [0.25, 0.3) is 11.3 Å². The molecular weight excluding hydrogens is 315 g/mol. The molecule has 0 aliphatic heterocycles. The maximum absolute atomic E-state index is 5.96. The number of nitrogens with two attached hydrogens (primary N) is 1. The molecule has 1 aromatic carbocycles. The summed E-state index contributed by atoms with van der Waals surface area (Å²) < 4.78 is 5.63. The Morgan fingerprint density at radius 3 is 2.62 bits per heavy atom. The molecule has 21 heavy (non-hydrogen) atoms. The lowest BCUT2D eigenvalue weighted by Gasteiger charge is -1.99. The number of aromatic nitrogens is 4. The fraction of sp³-hybridized carbons (Fsp3) is 0. The van der Waals surface area contributed by atoms with Crippen molar-refractivity contribution in [2.75, 3.05) is 5.73 Å². The van der Waals surface area contributed by atoms with Crippen LogP contribution < -0.4 is 5.73 Å². The van der Waals surface area contributed by atoms with Crippen LogP contribution in [0, 0.1) is 0 Å². The molecule has 0 fully saturated rings. The molecule has 7 nitrogen and oxygen atoms in total. The SMILES string of the molecule is Nc1nnnn1N=Cc1ccc(-c2cc(Cl)cc(Cl)c2)o1. The van der Waals surface area contributed by atoms with Gasteiger partial charge < -0.3 is 10.2 Å². The Labute approximate surface area is 129 Å². The second kappa shape index (κ2) is 5.55. The highest BCUT2D eigenvalue weighted by atomic mass is 35.5. The number of nitrogens with zero attached hydrogens (tertiary/aromatic N) is 5. The molecule has 0 amide bonds. The number of hydrogen-bond donors (Lipinski definition) is 1. The van der Waals surface area contributed by atoms with E-state index in [9.17, 15) is 0 Å². The molecular formula is C12H8Cl2N6O. The standard InChI is InChI=1S/C12H8Cl2N6O/c13-8-3-7(4-9(14)5-8)11-2-1-10(21-11)6-16-20-12(15)17-18-19-20/h1-6H,(H2,15,17,19). The van der Waals surface area contributed by atoms with E-state index in [0.29, 0.717) is 21.6 Å². The number of hydrogen-bond acceptors (Lipinski definition) is 6. The Hall–Kier alpha value is -2.38. The van der Waals surface area contributed by atoms with Gasteiger partial charge in [0.05, 0.1) is 6.21 Å². The number of tetrazole rings is 1. The van der Waals surface area contributed by atoms with Gasteiger partial charge in [-0.05, 0) is 40.8 Å². The van der Waals surface area contributed by atoms with Crippen LogP contribution in [0.1, 0.15) is 5.76 Å². The number of benzene rings is 1. The molecule has 2 aromatic heterocycles. The Kier molecular flexibility index (Phi) is 3.59. The first kappa shape index (κ1) is 13.6. The van der Waals surface area contributed by atoms with Gasteiger partial charge in [-0.25, -0.2) is 0 Å². The number of rotatable bonds is 3. The van der Waals surface area contributed by atoms with Gasteiger partial charge in [0.2, 0.25) is 0 Å². The van der Waals surface area contributed by atoms with Crippen molar-refractivity contribution in [3.63, 3.8) is 0 Å². The topological polar surface area (TPSA) is 95.1 Å². The van der Waals surface area contributed by atoms with Crippen LogP contribution in [0.15, 0.2) is 39.9 Å².